The van der Waals surface area contributed by atoms with E-state index >= 15 is 0 Å². The summed E-state index contributed by atoms with van der Waals surface area (Å²) in [5.74, 6) is 0.983. The fourth-order valence-electron chi connectivity index (χ4n) is 0.903. The molecule has 0 saturated carbocycles. The topological polar surface area (TPSA) is 38.7 Å². The summed E-state index contributed by atoms with van der Waals surface area (Å²) in [5.41, 5.74) is 0. The Morgan fingerprint density at radius 2 is 2.33 bits per heavy atom. The third-order valence-corrected chi connectivity index (χ3v) is 1.49. The third-order valence-electron chi connectivity index (χ3n) is 1.49. The summed E-state index contributed by atoms with van der Waals surface area (Å²) in [7, 11) is 1.62. The van der Waals surface area contributed by atoms with Gasteiger partial charge in [0.25, 0.3) is 0 Å². The lowest BCUT2D eigenvalue weighted by Crippen LogP contribution is -2.03. The van der Waals surface area contributed by atoms with Gasteiger partial charge in [-0.3, -0.25) is 0 Å². The molecule has 0 aromatic carbocycles. The zero-order chi connectivity index (χ0) is 8.81. The van der Waals surface area contributed by atoms with Gasteiger partial charge in [-0.2, -0.15) is 0 Å². The Bertz CT molecular complexity index is 194. The second-order valence-electron chi connectivity index (χ2n) is 2.46. The maximum Gasteiger partial charge on any atom is 0.118 e. The predicted octanol–water partition coefficient (Wildman–Crippen LogP) is 1.58. The van der Waals surface area contributed by atoms with E-state index in [1.54, 1.807) is 19.6 Å². The molecule has 1 radical (unpaired) electrons. The Morgan fingerprint density at radius 3 is 3.00 bits per heavy atom. The Labute approximate surface area is 72.3 Å². The maximum atomic E-state index is 9.09. The number of aliphatic hydroxyl groups is 1. The monoisotopic (exact) mass is 169 g/mol. The van der Waals surface area contributed by atoms with Gasteiger partial charge in [0, 0.05) is 19.6 Å². The van der Waals surface area contributed by atoms with E-state index in [-0.39, 0.29) is 5.76 Å². The third kappa shape index (κ3) is 2.96. The van der Waals surface area contributed by atoms with Crippen LogP contribution in [0.3, 0.4) is 0 Å². The first kappa shape index (κ1) is 9.13. The highest BCUT2D eigenvalue weighted by Crippen LogP contribution is 2.14. The van der Waals surface area contributed by atoms with Gasteiger partial charge in [-0.15, -0.1) is 0 Å². The van der Waals surface area contributed by atoms with Gasteiger partial charge in [0.2, 0.25) is 0 Å². The van der Waals surface area contributed by atoms with Gasteiger partial charge in [-0.1, -0.05) is 0 Å². The number of hydrogen-bond donors (Lipinski definition) is 1. The van der Waals surface area contributed by atoms with Crippen LogP contribution in [0.5, 0.6) is 0 Å². The van der Waals surface area contributed by atoms with E-state index in [9.17, 15) is 0 Å². The van der Waals surface area contributed by atoms with Gasteiger partial charge in [0.1, 0.15) is 18.1 Å². The van der Waals surface area contributed by atoms with E-state index in [0.29, 0.717) is 19.0 Å². The lowest BCUT2D eigenvalue weighted by molar-refractivity contribution is 0.113. The summed E-state index contributed by atoms with van der Waals surface area (Å²) < 4.78 is 10.1. The van der Waals surface area contributed by atoms with Crippen molar-refractivity contribution >= 4 is 0 Å². The molecule has 12 heavy (non-hydrogen) atoms. The number of aliphatic hydroxyl groups excluding tert-OH is 1. The molecule has 1 rings (SSSR count). The smallest absolute Gasteiger partial charge is 0.118 e. The fourth-order valence-corrected chi connectivity index (χ4v) is 0.903. The van der Waals surface area contributed by atoms with Crippen LogP contribution in [0.2, 0.25) is 0 Å². The van der Waals surface area contributed by atoms with Gasteiger partial charge >= 0.3 is 0 Å². The highest BCUT2D eigenvalue weighted by Gasteiger charge is 2.04. The molecule has 0 unspecified atom stereocenters. The molecule has 0 bridgehead atoms. The van der Waals surface area contributed by atoms with E-state index in [1.807, 2.05) is 6.08 Å². The summed E-state index contributed by atoms with van der Waals surface area (Å²) in [5, 5.41) is 9.09. The molecule has 0 aromatic heterocycles. The number of rotatable bonds is 4. The lowest BCUT2D eigenvalue weighted by atomic mass is 10.1. The first-order valence-corrected chi connectivity index (χ1v) is 3.88. The van der Waals surface area contributed by atoms with Crippen LogP contribution >= 0.6 is 0 Å². The normalized spacial score (nSPS) is 16.8. The minimum Gasteiger partial charge on any atom is -0.512 e. The average molecular weight is 169 g/mol. The largest absolute Gasteiger partial charge is 0.512 e. The predicted molar refractivity (Wildman–Crippen MR) is 45.5 cm³/mol. The standard InChI is InChI=1S/C9H13O3/c1-11-5-6-12-9-4-2-3-8(10)7-9/h3-4,7,10H,2,5-6H2,1H3. The molecule has 0 aliphatic heterocycles. The highest BCUT2D eigenvalue weighted by atomic mass is 16.5. The fraction of sp³-hybridized carbons (Fsp3) is 0.444. The van der Waals surface area contributed by atoms with E-state index in [0.717, 1.165) is 6.42 Å². The summed E-state index contributed by atoms with van der Waals surface area (Å²) in [4.78, 5) is 0. The van der Waals surface area contributed by atoms with Crippen LogP contribution in [-0.4, -0.2) is 25.4 Å². The second-order valence-corrected chi connectivity index (χ2v) is 2.46. The van der Waals surface area contributed by atoms with Crippen LogP contribution in [-0.2, 0) is 9.47 Å². The van der Waals surface area contributed by atoms with Gasteiger partial charge in [-0.25, -0.2) is 0 Å². The van der Waals surface area contributed by atoms with Crippen LogP contribution in [0.1, 0.15) is 6.42 Å². The molecular formula is C9H13O3. The molecule has 3 nitrogen and oxygen atoms in total. The number of methoxy groups -OCH3 is 1. The molecule has 3 heteroatoms. The number of ether oxygens (including phenoxy) is 2. The van der Waals surface area contributed by atoms with Crippen LogP contribution in [0.4, 0.5) is 0 Å². The van der Waals surface area contributed by atoms with E-state index < -0.39 is 0 Å². The van der Waals surface area contributed by atoms with Crippen molar-refractivity contribution in [2.75, 3.05) is 20.3 Å². The van der Waals surface area contributed by atoms with Crippen molar-refractivity contribution in [1.82, 2.24) is 0 Å². The zero-order valence-electron chi connectivity index (χ0n) is 7.12. The highest BCUT2D eigenvalue weighted by molar-refractivity contribution is 5.25. The molecule has 0 heterocycles. The van der Waals surface area contributed by atoms with Crippen LogP contribution in [0, 0.1) is 6.42 Å². The van der Waals surface area contributed by atoms with Gasteiger partial charge in [0.15, 0.2) is 0 Å². The zero-order valence-corrected chi connectivity index (χ0v) is 7.12. The number of hydrogen-bond acceptors (Lipinski definition) is 3. The lowest BCUT2D eigenvalue weighted by Gasteiger charge is -2.10. The van der Waals surface area contributed by atoms with Crippen molar-refractivity contribution < 1.29 is 14.6 Å². The SMILES string of the molecule is COCCOC1=CC[CH]C(O)=C1. The van der Waals surface area contributed by atoms with Crippen molar-refractivity contribution in [1.29, 1.82) is 0 Å². The Hall–Kier alpha value is -0.960. The molecule has 0 aromatic rings. The van der Waals surface area contributed by atoms with Gasteiger partial charge in [0.05, 0.1) is 6.61 Å². The Kier molecular flexibility index (Phi) is 3.67. The first-order chi connectivity index (χ1) is 5.83. The summed E-state index contributed by atoms with van der Waals surface area (Å²) in [6.07, 6.45) is 5.96. The minimum absolute atomic E-state index is 0.268. The van der Waals surface area contributed by atoms with Crippen LogP contribution in [0.15, 0.2) is 23.7 Å². The summed E-state index contributed by atoms with van der Waals surface area (Å²) in [6, 6.07) is 0. The number of allylic oxidation sites excluding steroid dienone is 3. The quantitative estimate of drug-likeness (QED) is 0.649. The molecule has 67 valence electrons. The van der Waals surface area contributed by atoms with Crippen molar-refractivity contribution in [3.8, 4) is 0 Å². The molecule has 1 aliphatic carbocycles. The molecule has 1 N–H and O–H groups in total. The van der Waals surface area contributed by atoms with E-state index in [2.05, 4.69) is 0 Å². The Balaban J connectivity index is 2.27. The van der Waals surface area contributed by atoms with Gasteiger partial charge < -0.3 is 14.6 Å². The molecule has 1 aliphatic rings. The van der Waals surface area contributed by atoms with E-state index in [1.165, 1.54) is 0 Å². The molecule has 0 saturated heterocycles. The first-order valence-electron chi connectivity index (χ1n) is 3.88. The summed E-state index contributed by atoms with van der Waals surface area (Å²) in [6.45, 7) is 1.09. The Morgan fingerprint density at radius 1 is 1.50 bits per heavy atom. The molecule has 0 fully saturated rings. The van der Waals surface area contributed by atoms with Crippen molar-refractivity contribution in [3.63, 3.8) is 0 Å². The van der Waals surface area contributed by atoms with Gasteiger partial charge in [-0.05, 0) is 12.5 Å². The van der Waals surface area contributed by atoms with Crippen LogP contribution < -0.4 is 0 Å². The van der Waals surface area contributed by atoms with Crippen molar-refractivity contribution in [2.24, 2.45) is 0 Å². The minimum atomic E-state index is 0.268. The van der Waals surface area contributed by atoms with Crippen molar-refractivity contribution in [3.05, 3.63) is 30.1 Å². The van der Waals surface area contributed by atoms with Crippen LogP contribution in [0.25, 0.3) is 0 Å². The molecular weight excluding hydrogens is 156 g/mol. The van der Waals surface area contributed by atoms with Crippen molar-refractivity contribution in [2.45, 2.75) is 6.42 Å². The van der Waals surface area contributed by atoms with E-state index in [4.69, 9.17) is 14.6 Å². The summed E-state index contributed by atoms with van der Waals surface area (Å²) >= 11 is 0. The molecule has 0 atom stereocenters. The maximum absolute atomic E-state index is 9.09. The average Bonchev–Trinajstić information content (AvgIpc) is 2.05. The molecule has 0 amide bonds. The molecule has 0 spiro atoms. The second kappa shape index (κ2) is 4.83.